The Morgan fingerprint density at radius 2 is 1.56 bits per heavy atom. The molecular weight excluding hydrogens is 338 g/mol. The first-order valence-corrected chi connectivity index (χ1v) is 10.8. The largest absolute Gasteiger partial charge is 0.373 e. The van der Waals surface area contributed by atoms with E-state index in [1.165, 1.54) is 50.8 Å². The zero-order valence-electron chi connectivity index (χ0n) is 17.0. The maximum atomic E-state index is 5.89. The lowest BCUT2D eigenvalue weighted by Crippen LogP contribution is -2.53. The second-order valence-electron chi connectivity index (χ2n) is 8.66. The Labute approximate surface area is 163 Å². The molecule has 0 aromatic carbocycles. The van der Waals surface area contributed by atoms with Gasteiger partial charge in [-0.05, 0) is 59.0 Å². The van der Waals surface area contributed by atoms with Gasteiger partial charge < -0.3 is 9.64 Å². The number of rotatable bonds is 4. The van der Waals surface area contributed by atoms with Crippen LogP contribution < -0.4 is 4.90 Å². The number of piperidine rings is 2. The smallest absolute Gasteiger partial charge is 0.225 e. The summed E-state index contributed by atoms with van der Waals surface area (Å²) in [5.74, 6) is 0.910. The molecule has 0 bridgehead atoms. The first kappa shape index (κ1) is 19.1. The molecule has 1 aromatic heterocycles. The molecule has 0 N–H and O–H groups in total. The zero-order chi connectivity index (χ0) is 18.6. The molecule has 0 spiro atoms. The Bertz CT molecular complexity index is 571. The van der Waals surface area contributed by atoms with E-state index in [-0.39, 0.29) is 0 Å². The van der Waals surface area contributed by atoms with Crippen molar-refractivity contribution in [1.29, 1.82) is 0 Å². The number of hydrogen-bond acceptors (Lipinski definition) is 6. The number of likely N-dealkylation sites (tertiary alicyclic amines) is 1. The van der Waals surface area contributed by atoms with E-state index in [0.717, 1.165) is 38.7 Å². The summed E-state index contributed by atoms with van der Waals surface area (Å²) in [7, 11) is 0. The highest BCUT2D eigenvalue weighted by Gasteiger charge is 2.30. The van der Waals surface area contributed by atoms with E-state index in [1.807, 2.05) is 12.4 Å². The molecule has 3 fully saturated rings. The van der Waals surface area contributed by atoms with Crippen molar-refractivity contribution < 1.29 is 4.74 Å². The molecule has 6 heteroatoms. The number of aromatic nitrogens is 2. The second-order valence-corrected chi connectivity index (χ2v) is 8.66. The highest BCUT2D eigenvalue weighted by atomic mass is 16.5. The van der Waals surface area contributed by atoms with E-state index >= 15 is 0 Å². The lowest BCUT2D eigenvalue weighted by molar-refractivity contribution is -0.0865. The molecule has 3 saturated heterocycles. The number of anilines is 1. The lowest BCUT2D eigenvalue weighted by atomic mass is 10.0. The monoisotopic (exact) mass is 373 g/mol. The molecule has 27 heavy (non-hydrogen) atoms. The molecular formula is C21H35N5O. The van der Waals surface area contributed by atoms with Gasteiger partial charge in [0.25, 0.3) is 0 Å². The third kappa shape index (κ3) is 4.98. The van der Waals surface area contributed by atoms with E-state index < -0.39 is 0 Å². The fraction of sp³-hybridized carbons (Fsp3) is 0.810. The molecule has 4 rings (SSSR count). The molecule has 150 valence electrons. The summed E-state index contributed by atoms with van der Waals surface area (Å²) >= 11 is 0. The van der Waals surface area contributed by atoms with E-state index in [0.29, 0.717) is 18.2 Å². The van der Waals surface area contributed by atoms with Crippen molar-refractivity contribution in [3.8, 4) is 0 Å². The van der Waals surface area contributed by atoms with Gasteiger partial charge in [0.15, 0.2) is 0 Å². The van der Waals surface area contributed by atoms with Crippen LogP contribution in [-0.2, 0) is 11.3 Å². The van der Waals surface area contributed by atoms with Gasteiger partial charge in [-0.15, -0.1) is 0 Å². The van der Waals surface area contributed by atoms with Crippen LogP contribution >= 0.6 is 0 Å². The van der Waals surface area contributed by atoms with E-state index in [9.17, 15) is 0 Å². The van der Waals surface area contributed by atoms with Crippen LogP contribution in [0.25, 0.3) is 0 Å². The molecule has 6 nitrogen and oxygen atoms in total. The average molecular weight is 374 g/mol. The van der Waals surface area contributed by atoms with Crippen LogP contribution in [0.5, 0.6) is 0 Å². The fourth-order valence-electron chi connectivity index (χ4n) is 4.90. The van der Waals surface area contributed by atoms with Gasteiger partial charge in [-0.25, -0.2) is 9.97 Å². The minimum Gasteiger partial charge on any atom is -0.373 e. The number of morpholine rings is 1. The Hall–Kier alpha value is -1.24. The maximum absolute atomic E-state index is 5.89. The van der Waals surface area contributed by atoms with Gasteiger partial charge in [-0.1, -0.05) is 0 Å². The van der Waals surface area contributed by atoms with Gasteiger partial charge in [0.05, 0.1) is 12.2 Å². The van der Waals surface area contributed by atoms with Crippen LogP contribution in [0.1, 0.15) is 51.5 Å². The molecule has 0 radical (unpaired) electrons. The van der Waals surface area contributed by atoms with Gasteiger partial charge in [0.2, 0.25) is 5.95 Å². The predicted molar refractivity (Wildman–Crippen MR) is 108 cm³/mol. The predicted octanol–water partition coefficient (Wildman–Crippen LogP) is 2.54. The van der Waals surface area contributed by atoms with E-state index in [1.54, 1.807) is 0 Å². The topological polar surface area (TPSA) is 44.7 Å². The molecule has 1 aromatic rings. The summed E-state index contributed by atoms with van der Waals surface area (Å²) < 4.78 is 5.89. The van der Waals surface area contributed by atoms with Crippen molar-refractivity contribution in [2.45, 2.75) is 70.7 Å². The number of hydrogen-bond donors (Lipinski definition) is 0. The SMILES string of the molecule is CC1CN(C2CCN(Cc3cnc(N4CCCCC4)nc3)CC2)CC(C)O1. The van der Waals surface area contributed by atoms with Crippen molar-refractivity contribution in [3.63, 3.8) is 0 Å². The first-order chi connectivity index (χ1) is 13.2. The van der Waals surface area contributed by atoms with Gasteiger partial charge in [0, 0.05) is 56.7 Å². The first-order valence-electron chi connectivity index (χ1n) is 10.8. The van der Waals surface area contributed by atoms with Crippen LogP contribution in [0, 0.1) is 0 Å². The molecule has 2 unspecified atom stereocenters. The number of ether oxygens (including phenoxy) is 1. The summed E-state index contributed by atoms with van der Waals surface area (Å²) in [5, 5.41) is 0. The Morgan fingerprint density at radius 1 is 0.926 bits per heavy atom. The molecule has 4 heterocycles. The zero-order valence-corrected chi connectivity index (χ0v) is 17.0. The van der Waals surface area contributed by atoms with Crippen LogP contribution in [0.15, 0.2) is 12.4 Å². The van der Waals surface area contributed by atoms with E-state index in [2.05, 4.69) is 38.5 Å². The van der Waals surface area contributed by atoms with Crippen LogP contribution in [0.4, 0.5) is 5.95 Å². The standard InChI is InChI=1S/C21H35N5O/c1-17-14-26(15-18(2)27-17)20-6-10-24(11-7-20)16-19-12-22-21(23-13-19)25-8-4-3-5-9-25/h12-13,17-18,20H,3-11,14-16H2,1-2H3. The van der Waals surface area contributed by atoms with Gasteiger partial charge in [-0.3, -0.25) is 9.80 Å². The average Bonchev–Trinajstić information content (AvgIpc) is 2.69. The van der Waals surface area contributed by atoms with Crippen LogP contribution in [0.3, 0.4) is 0 Å². The Kier molecular flexibility index (Phi) is 6.25. The van der Waals surface area contributed by atoms with Gasteiger partial charge in [-0.2, -0.15) is 0 Å². The van der Waals surface area contributed by atoms with Crippen molar-refractivity contribution in [1.82, 2.24) is 19.8 Å². The normalized spacial score (nSPS) is 29.2. The van der Waals surface area contributed by atoms with Gasteiger partial charge in [0.1, 0.15) is 0 Å². The Morgan fingerprint density at radius 3 is 2.19 bits per heavy atom. The molecule has 0 saturated carbocycles. The van der Waals surface area contributed by atoms with Gasteiger partial charge >= 0.3 is 0 Å². The highest BCUT2D eigenvalue weighted by Crippen LogP contribution is 2.22. The van der Waals surface area contributed by atoms with Crippen molar-refractivity contribution in [2.75, 3.05) is 44.2 Å². The summed E-state index contributed by atoms with van der Waals surface area (Å²) in [6, 6.07) is 0.716. The van der Waals surface area contributed by atoms with Crippen molar-refractivity contribution in [2.24, 2.45) is 0 Å². The molecule has 0 amide bonds. The summed E-state index contributed by atoms with van der Waals surface area (Å²) in [4.78, 5) is 16.8. The highest BCUT2D eigenvalue weighted by molar-refractivity contribution is 5.30. The summed E-state index contributed by atoms with van der Waals surface area (Å²) in [6.45, 7) is 12.1. The quantitative estimate of drug-likeness (QED) is 0.808. The van der Waals surface area contributed by atoms with Crippen molar-refractivity contribution in [3.05, 3.63) is 18.0 Å². The fourth-order valence-corrected chi connectivity index (χ4v) is 4.90. The third-order valence-electron chi connectivity index (χ3n) is 6.26. The second kappa shape index (κ2) is 8.84. The summed E-state index contributed by atoms with van der Waals surface area (Å²) in [5.41, 5.74) is 1.24. The van der Waals surface area contributed by atoms with Crippen molar-refractivity contribution >= 4 is 5.95 Å². The minimum atomic E-state index is 0.363. The molecule has 3 aliphatic rings. The third-order valence-corrected chi connectivity index (χ3v) is 6.26. The Balaban J connectivity index is 1.25. The number of nitrogens with zero attached hydrogens (tertiary/aromatic N) is 5. The van der Waals surface area contributed by atoms with Crippen LogP contribution in [-0.4, -0.2) is 77.3 Å². The molecule has 0 aliphatic carbocycles. The van der Waals surface area contributed by atoms with E-state index in [4.69, 9.17) is 4.74 Å². The lowest BCUT2D eigenvalue weighted by Gasteiger charge is -2.43. The minimum absolute atomic E-state index is 0.363. The van der Waals surface area contributed by atoms with Crippen LogP contribution in [0.2, 0.25) is 0 Å². The maximum Gasteiger partial charge on any atom is 0.225 e. The summed E-state index contributed by atoms with van der Waals surface area (Å²) in [6.07, 6.45) is 11.2. The molecule has 2 atom stereocenters. The molecule has 3 aliphatic heterocycles.